The summed E-state index contributed by atoms with van der Waals surface area (Å²) in [6.45, 7) is 2.03. The Kier molecular flexibility index (Phi) is 6.38. The van der Waals surface area contributed by atoms with Crippen molar-refractivity contribution >= 4 is 35.0 Å². The molecule has 1 aliphatic rings. The highest BCUT2D eigenvalue weighted by Crippen LogP contribution is 2.34. The second kappa shape index (κ2) is 8.97. The number of anilines is 4. The predicted octanol–water partition coefficient (Wildman–Crippen LogP) is 3.49. The van der Waals surface area contributed by atoms with Gasteiger partial charge in [-0.05, 0) is 37.1 Å². The number of carbonyl (C=O) groups is 2. The van der Waals surface area contributed by atoms with Crippen LogP contribution < -0.4 is 16.0 Å². The van der Waals surface area contributed by atoms with Gasteiger partial charge in [0.25, 0.3) is 0 Å². The largest absolute Gasteiger partial charge is 0.466 e. The van der Waals surface area contributed by atoms with E-state index in [0.717, 1.165) is 5.56 Å². The summed E-state index contributed by atoms with van der Waals surface area (Å²) < 4.78 is 44.6. The zero-order chi connectivity index (χ0) is 21.7. The van der Waals surface area contributed by atoms with Crippen LogP contribution in [0.5, 0.6) is 0 Å². The van der Waals surface area contributed by atoms with Crippen molar-refractivity contribution in [2.24, 2.45) is 0 Å². The molecule has 0 atom stereocenters. The molecule has 160 valence electrons. The minimum Gasteiger partial charge on any atom is -0.466 e. The first-order valence-corrected chi connectivity index (χ1v) is 9.30. The minimum absolute atomic E-state index is 0.0341. The second-order valence-corrected chi connectivity index (χ2v) is 6.51. The highest BCUT2D eigenvalue weighted by Gasteiger charge is 2.35. The van der Waals surface area contributed by atoms with Gasteiger partial charge in [0, 0.05) is 30.5 Å². The molecule has 1 amide bonds. The number of hydrogen-bond acceptors (Lipinski definition) is 7. The lowest BCUT2D eigenvalue weighted by atomic mass is 10.1. The summed E-state index contributed by atoms with van der Waals surface area (Å²) in [5.41, 5.74) is 1.00. The van der Waals surface area contributed by atoms with Crippen molar-refractivity contribution in [3.05, 3.63) is 35.5 Å². The molecule has 0 saturated heterocycles. The summed E-state index contributed by atoms with van der Waals surface area (Å²) >= 11 is 0. The monoisotopic (exact) mass is 423 g/mol. The summed E-state index contributed by atoms with van der Waals surface area (Å²) in [5.74, 6) is -0.956. The Balaban J connectivity index is 1.72. The van der Waals surface area contributed by atoms with Crippen molar-refractivity contribution in [3.8, 4) is 0 Å². The third kappa shape index (κ3) is 5.37. The molecule has 3 N–H and O–H groups in total. The fraction of sp³-hybridized carbons (Fsp3) is 0.368. The average Bonchev–Trinajstić information content (AvgIpc) is 3.04. The number of esters is 1. The molecular weight excluding hydrogens is 403 g/mol. The van der Waals surface area contributed by atoms with E-state index < -0.39 is 17.7 Å². The number of halogens is 3. The van der Waals surface area contributed by atoms with Crippen LogP contribution in [0, 0.1) is 0 Å². The van der Waals surface area contributed by atoms with E-state index in [1.165, 1.54) is 0 Å². The maximum Gasteiger partial charge on any atom is 0.421 e. The zero-order valence-electron chi connectivity index (χ0n) is 16.1. The number of aromatic nitrogens is 2. The first-order chi connectivity index (χ1) is 14.3. The summed E-state index contributed by atoms with van der Waals surface area (Å²) in [6.07, 6.45) is -3.34. The molecule has 2 aromatic rings. The predicted molar refractivity (Wildman–Crippen MR) is 103 cm³/mol. The number of alkyl halides is 3. The summed E-state index contributed by atoms with van der Waals surface area (Å²) in [6, 6.07) is 5.07. The van der Waals surface area contributed by atoms with E-state index in [9.17, 15) is 22.8 Å². The second-order valence-electron chi connectivity index (χ2n) is 6.51. The Morgan fingerprint density at radius 1 is 1.33 bits per heavy atom. The van der Waals surface area contributed by atoms with Gasteiger partial charge in [-0.3, -0.25) is 9.59 Å². The lowest BCUT2D eigenvalue weighted by molar-refractivity contribution is -0.143. The normalized spacial score (nSPS) is 12.9. The molecule has 0 aliphatic carbocycles. The van der Waals surface area contributed by atoms with Gasteiger partial charge >= 0.3 is 12.1 Å². The van der Waals surface area contributed by atoms with Crippen LogP contribution in [-0.2, 0) is 26.9 Å². The van der Waals surface area contributed by atoms with E-state index in [1.807, 2.05) is 0 Å². The number of fused-ring (bicyclic) bond motifs is 1. The third-order valence-electron chi connectivity index (χ3n) is 4.24. The van der Waals surface area contributed by atoms with Gasteiger partial charge in [0.05, 0.1) is 13.0 Å². The number of rotatable bonds is 8. The zero-order valence-corrected chi connectivity index (χ0v) is 16.1. The highest BCUT2D eigenvalue weighted by atomic mass is 19.4. The molecular formula is C19H20F3N5O3. The highest BCUT2D eigenvalue weighted by molar-refractivity contribution is 5.99. The van der Waals surface area contributed by atoms with Crippen molar-refractivity contribution < 1.29 is 27.5 Å². The lowest BCUT2D eigenvalue weighted by Crippen LogP contribution is -2.16. The van der Waals surface area contributed by atoms with Gasteiger partial charge in [0.1, 0.15) is 11.4 Å². The number of nitrogens with zero attached hydrogens (tertiary/aromatic N) is 2. The van der Waals surface area contributed by atoms with Crippen molar-refractivity contribution in [2.45, 2.75) is 32.4 Å². The number of nitrogens with one attached hydrogen (secondary N) is 3. The number of benzene rings is 1. The Hall–Kier alpha value is -3.37. The number of hydrogen-bond donors (Lipinski definition) is 3. The van der Waals surface area contributed by atoms with E-state index in [1.54, 1.807) is 25.1 Å². The van der Waals surface area contributed by atoms with Gasteiger partial charge in [0.15, 0.2) is 0 Å². The Morgan fingerprint density at radius 3 is 2.87 bits per heavy atom. The Morgan fingerprint density at radius 2 is 2.13 bits per heavy atom. The average molecular weight is 423 g/mol. The van der Waals surface area contributed by atoms with Crippen molar-refractivity contribution in [2.75, 3.05) is 29.1 Å². The van der Waals surface area contributed by atoms with Crippen LogP contribution >= 0.6 is 0 Å². The van der Waals surface area contributed by atoms with Crippen LogP contribution in [0.3, 0.4) is 0 Å². The van der Waals surface area contributed by atoms with E-state index in [2.05, 4.69) is 25.9 Å². The quantitative estimate of drug-likeness (QED) is 0.441. The van der Waals surface area contributed by atoms with Crippen LogP contribution in [0.25, 0.3) is 0 Å². The van der Waals surface area contributed by atoms with Crippen molar-refractivity contribution in [1.82, 2.24) is 9.97 Å². The molecule has 0 bridgehead atoms. The molecule has 11 heteroatoms. The molecule has 0 saturated carbocycles. The fourth-order valence-corrected chi connectivity index (χ4v) is 2.89. The topological polar surface area (TPSA) is 105 Å². The van der Waals surface area contributed by atoms with Crippen LogP contribution in [-0.4, -0.2) is 35.0 Å². The van der Waals surface area contributed by atoms with E-state index in [-0.39, 0.29) is 50.1 Å². The smallest absolute Gasteiger partial charge is 0.421 e. The van der Waals surface area contributed by atoms with Gasteiger partial charge < -0.3 is 20.7 Å². The van der Waals surface area contributed by atoms with Gasteiger partial charge in [-0.25, -0.2) is 4.98 Å². The van der Waals surface area contributed by atoms with Gasteiger partial charge in [-0.2, -0.15) is 18.2 Å². The maximum absolute atomic E-state index is 13.3. The van der Waals surface area contributed by atoms with Crippen LogP contribution in [0.15, 0.2) is 24.4 Å². The van der Waals surface area contributed by atoms with Crippen LogP contribution in [0.4, 0.5) is 36.3 Å². The van der Waals surface area contributed by atoms with Crippen LogP contribution in [0.2, 0.25) is 0 Å². The third-order valence-corrected chi connectivity index (χ3v) is 4.24. The standard InChI is InChI=1S/C19H20F3N5O3/c1-2-30-16(29)4-3-7-23-17-13(19(20,21)22)10-24-18(27-17)25-12-5-6-14-11(8-12)9-15(28)26-14/h5-6,8,10H,2-4,7,9H2,1H3,(H,26,28)(H2,23,24,25,27). The van der Waals surface area contributed by atoms with Gasteiger partial charge in [0.2, 0.25) is 11.9 Å². The van der Waals surface area contributed by atoms with Crippen molar-refractivity contribution in [1.29, 1.82) is 0 Å². The van der Waals surface area contributed by atoms with E-state index in [4.69, 9.17) is 4.74 Å². The SMILES string of the molecule is CCOC(=O)CCCNc1nc(Nc2ccc3c(c2)CC(=O)N3)ncc1C(F)(F)F. The molecule has 2 heterocycles. The molecule has 30 heavy (non-hydrogen) atoms. The Labute approximate surface area is 170 Å². The first kappa shape index (κ1) is 21.3. The Bertz CT molecular complexity index is 949. The fourth-order valence-electron chi connectivity index (χ4n) is 2.89. The van der Waals surface area contributed by atoms with Crippen LogP contribution in [0.1, 0.15) is 30.9 Å². The summed E-state index contributed by atoms with van der Waals surface area (Å²) in [7, 11) is 0. The molecule has 0 fully saturated rings. The van der Waals surface area contributed by atoms with Gasteiger partial charge in [-0.15, -0.1) is 0 Å². The molecule has 0 radical (unpaired) electrons. The molecule has 8 nitrogen and oxygen atoms in total. The minimum atomic E-state index is -4.64. The summed E-state index contributed by atoms with van der Waals surface area (Å²) in [4.78, 5) is 30.5. The molecule has 3 rings (SSSR count). The maximum atomic E-state index is 13.3. The van der Waals surface area contributed by atoms with Gasteiger partial charge in [-0.1, -0.05) is 0 Å². The number of ether oxygens (including phenoxy) is 1. The first-order valence-electron chi connectivity index (χ1n) is 9.30. The molecule has 1 aromatic carbocycles. The van der Waals surface area contributed by atoms with E-state index >= 15 is 0 Å². The number of amides is 1. The summed E-state index contributed by atoms with van der Waals surface area (Å²) in [5, 5.41) is 8.17. The lowest BCUT2D eigenvalue weighted by Gasteiger charge is -2.15. The molecule has 0 unspecified atom stereocenters. The number of carbonyl (C=O) groups excluding carboxylic acids is 2. The molecule has 1 aromatic heterocycles. The molecule has 1 aliphatic heterocycles. The van der Waals surface area contributed by atoms with E-state index in [0.29, 0.717) is 17.6 Å². The molecule has 0 spiro atoms. The van der Waals surface area contributed by atoms with Crippen molar-refractivity contribution in [3.63, 3.8) is 0 Å².